The number of nitrogens with one attached hydrogen (secondary N) is 2. The maximum Gasteiger partial charge on any atom is 0.223 e. The van der Waals surface area contributed by atoms with E-state index in [2.05, 4.69) is 41.8 Å². The van der Waals surface area contributed by atoms with Crippen molar-refractivity contribution in [2.75, 3.05) is 6.54 Å². The lowest BCUT2D eigenvalue weighted by molar-refractivity contribution is -0.124. The molecule has 2 aliphatic rings. The van der Waals surface area contributed by atoms with Gasteiger partial charge in [-0.2, -0.15) is 0 Å². The van der Waals surface area contributed by atoms with E-state index in [1.54, 1.807) is 0 Å². The van der Waals surface area contributed by atoms with Crippen LogP contribution in [0.4, 0.5) is 0 Å². The fourth-order valence-electron chi connectivity index (χ4n) is 2.87. The van der Waals surface area contributed by atoms with Gasteiger partial charge in [-0.3, -0.25) is 9.59 Å². The number of hydrogen-bond acceptors (Lipinski definition) is 2. The summed E-state index contributed by atoms with van der Waals surface area (Å²) in [7, 11) is 0. The van der Waals surface area contributed by atoms with Crippen LogP contribution in [-0.2, 0) is 9.59 Å². The second-order valence-corrected chi connectivity index (χ2v) is 6.96. The zero-order valence-corrected chi connectivity index (χ0v) is 13.8. The summed E-state index contributed by atoms with van der Waals surface area (Å²) in [4.78, 5) is 23.7. The first-order valence-electron chi connectivity index (χ1n) is 8.77. The van der Waals surface area contributed by atoms with E-state index in [9.17, 15) is 9.59 Å². The Bertz CT molecular complexity index is 559. The summed E-state index contributed by atoms with van der Waals surface area (Å²) in [5.74, 6) is 1.06. The van der Waals surface area contributed by atoms with Gasteiger partial charge < -0.3 is 10.6 Å². The SMILES string of the molecule is Cc1ccc(C(NC(=O)CCCNC(=O)C2CC2)C2CC2)cc1. The Morgan fingerprint density at radius 1 is 1.13 bits per heavy atom. The minimum absolute atomic E-state index is 0.0862. The van der Waals surface area contributed by atoms with Gasteiger partial charge in [0.2, 0.25) is 11.8 Å². The van der Waals surface area contributed by atoms with E-state index in [1.165, 1.54) is 24.0 Å². The molecule has 0 radical (unpaired) electrons. The molecule has 2 saturated carbocycles. The van der Waals surface area contributed by atoms with Gasteiger partial charge in [0.05, 0.1) is 6.04 Å². The van der Waals surface area contributed by atoms with Gasteiger partial charge in [-0.05, 0) is 50.5 Å². The summed E-state index contributed by atoms with van der Waals surface area (Å²) in [6.07, 6.45) is 5.60. The number of amides is 2. The number of carbonyl (C=O) groups excluding carboxylic acids is 2. The van der Waals surface area contributed by atoms with Crippen molar-refractivity contribution in [3.63, 3.8) is 0 Å². The quantitative estimate of drug-likeness (QED) is 0.725. The number of hydrogen-bond donors (Lipinski definition) is 2. The van der Waals surface area contributed by atoms with Crippen molar-refractivity contribution in [1.29, 1.82) is 0 Å². The highest BCUT2D eigenvalue weighted by Crippen LogP contribution is 2.41. The molecule has 4 nitrogen and oxygen atoms in total. The molecular formula is C19H26N2O2. The lowest BCUT2D eigenvalue weighted by Gasteiger charge is -2.19. The van der Waals surface area contributed by atoms with Gasteiger partial charge in [0, 0.05) is 18.9 Å². The lowest BCUT2D eigenvalue weighted by atomic mass is 10.0. The van der Waals surface area contributed by atoms with Gasteiger partial charge in [-0.1, -0.05) is 29.8 Å². The molecule has 0 aromatic heterocycles. The van der Waals surface area contributed by atoms with Crippen LogP contribution in [-0.4, -0.2) is 18.4 Å². The van der Waals surface area contributed by atoms with E-state index in [1.807, 2.05) is 0 Å². The summed E-state index contributed by atoms with van der Waals surface area (Å²) >= 11 is 0. The minimum Gasteiger partial charge on any atom is -0.356 e. The molecule has 2 fully saturated rings. The molecule has 1 aromatic rings. The zero-order valence-electron chi connectivity index (χ0n) is 13.8. The van der Waals surface area contributed by atoms with E-state index in [4.69, 9.17) is 0 Å². The fourth-order valence-corrected chi connectivity index (χ4v) is 2.87. The molecule has 0 heterocycles. The topological polar surface area (TPSA) is 58.2 Å². The number of aryl methyl sites for hydroxylation is 1. The third-order valence-corrected chi connectivity index (χ3v) is 4.67. The Labute approximate surface area is 138 Å². The summed E-state index contributed by atoms with van der Waals surface area (Å²) in [5.41, 5.74) is 2.44. The molecule has 2 amide bonds. The molecule has 1 atom stereocenters. The molecule has 0 saturated heterocycles. The second kappa shape index (κ2) is 7.16. The maximum atomic E-state index is 12.2. The second-order valence-electron chi connectivity index (χ2n) is 6.96. The Hall–Kier alpha value is -1.84. The number of carbonyl (C=O) groups is 2. The molecule has 0 spiro atoms. The van der Waals surface area contributed by atoms with Crippen LogP contribution in [0.2, 0.25) is 0 Å². The molecule has 2 aliphatic carbocycles. The van der Waals surface area contributed by atoms with Gasteiger partial charge in [0.15, 0.2) is 0 Å². The highest BCUT2D eigenvalue weighted by Gasteiger charge is 2.33. The molecule has 1 aromatic carbocycles. The molecule has 2 N–H and O–H groups in total. The first kappa shape index (κ1) is 16.0. The molecule has 3 rings (SSSR count). The predicted molar refractivity (Wildman–Crippen MR) is 89.8 cm³/mol. The number of rotatable bonds is 8. The van der Waals surface area contributed by atoms with Crippen LogP contribution in [0.1, 0.15) is 55.7 Å². The monoisotopic (exact) mass is 314 g/mol. The average Bonchev–Trinajstić information content (AvgIpc) is 3.41. The first-order valence-corrected chi connectivity index (χ1v) is 8.77. The van der Waals surface area contributed by atoms with Crippen molar-refractivity contribution in [3.8, 4) is 0 Å². The van der Waals surface area contributed by atoms with E-state index < -0.39 is 0 Å². The Morgan fingerprint density at radius 2 is 1.83 bits per heavy atom. The summed E-state index contributed by atoms with van der Waals surface area (Å²) < 4.78 is 0. The molecular weight excluding hydrogens is 288 g/mol. The first-order chi connectivity index (χ1) is 11.1. The van der Waals surface area contributed by atoms with Crippen LogP contribution in [0.5, 0.6) is 0 Å². The van der Waals surface area contributed by atoms with Crippen LogP contribution in [0.15, 0.2) is 24.3 Å². The van der Waals surface area contributed by atoms with Crippen LogP contribution >= 0.6 is 0 Å². The van der Waals surface area contributed by atoms with E-state index in [0.29, 0.717) is 25.3 Å². The normalized spacial score (nSPS) is 18.3. The van der Waals surface area contributed by atoms with Crippen molar-refractivity contribution in [2.45, 2.75) is 51.5 Å². The maximum absolute atomic E-state index is 12.2. The van der Waals surface area contributed by atoms with Gasteiger partial charge in [0.25, 0.3) is 0 Å². The van der Waals surface area contributed by atoms with Gasteiger partial charge >= 0.3 is 0 Å². The molecule has 0 bridgehead atoms. The largest absolute Gasteiger partial charge is 0.356 e. The van der Waals surface area contributed by atoms with Gasteiger partial charge in [-0.15, -0.1) is 0 Å². The van der Waals surface area contributed by atoms with Crippen molar-refractivity contribution in [2.24, 2.45) is 11.8 Å². The van der Waals surface area contributed by atoms with Gasteiger partial charge in [-0.25, -0.2) is 0 Å². The van der Waals surface area contributed by atoms with Gasteiger partial charge in [0.1, 0.15) is 0 Å². The Kier molecular flexibility index (Phi) is 4.99. The smallest absolute Gasteiger partial charge is 0.223 e. The summed E-state index contributed by atoms with van der Waals surface area (Å²) in [5, 5.41) is 6.09. The highest BCUT2D eigenvalue weighted by molar-refractivity contribution is 5.81. The average molecular weight is 314 g/mol. The third kappa shape index (κ3) is 4.81. The molecule has 0 aliphatic heterocycles. The van der Waals surface area contributed by atoms with E-state index in [-0.39, 0.29) is 23.8 Å². The van der Waals surface area contributed by atoms with E-state index in [0.717, 1.165) is 12.8 Å². The van der Waals surface area contributed by atoms with Crippen molar-refractivity contribution >= 4 is 11.8 Å². The van der Waals surface area contributed by atoms with Crippen LogP contribution in [0.25, 0.3) is 0 Å². The fraction of sp³-hybridized carbons (Fsp3) is 0.579. The summed E-state index contributed by atoms with van der Waals surface area (Å²) in [6, 6.07) is 8.58. The zero-order chi connectivity index (χ0) is 16.2. The van der Waals surface area contributed by atoms with Crippen LogP contribution < -0.4 is 10.6 Å². The molecule has 4 heteroatoms. The predicted octanol–water partition coefficient (Wildman–Crippen LogP) is 2.87. The van der Waals surface area contributed by atoms with E-state index >= 15 is 0 Å². The highest BCUT2D eigenvalue weighted by atomic mass is 16.2. The summed E-state index contributed by atoms with van der Waals surface area (Å²) in [6.45, 7) is 2.67. The van der Waals surface area contributed by atoms with Crippen LogP contribution in [0.3, 0.4) is 0 Å². The minimum atomic E-state index is 0.0862. The molecule has 23 heavy (non-hydrogen) atoms. The Morgan fingerprint density at radius 3 is 2.43 bits per heavy atom. The molecule has 124 valence electrons. The van der Waals surface area contributed by atoms with Crippen molar-refractivity contribution in [1.82, 2.24) is 10.6 Å². The standard InChI is InChI=1S/C19H26N2O2/c1-13-4-6-14(7-5-13)18(15-8-9-15)21-17(22)3-2-12-20-19(23)16-10-11-16/h4-7,15-16,18H,2-3,8-12H2,1H3,(H,20,23)(H,21,22). The van der Waals surface area contributed by atoms with Crippen LogP contribution in [0, 0.1) is 18.8 Å². The number of benzene rings is 1. The van der Waals surface area contributed by atoms with Crippen molar-refractivity contribution in [3.05, 3.63) is 35.4 Å². The Balaban J connectivity index is 1.43. The van der Waals surface area contributed by atoms with Crippen molar-refractivity contribution < 1.29 is 9.59 Å². The lowest BCUT2D eigenvalue weighted by Crippen LogP contribution is -2.31. The third-order valence-electron chi connectivity index (χ3n) is 4.67. The molecule has 1 unspecified atom stereocenters.